The van der Waals surface area contributed by atoms with E-state index >= 15 is 9.59 Å². The van der Waals surface area contributed by atoms with Gasteiger partial charge < -0.3 is 10.6 Å². The molecule has 0 aromatic heterocycles. The van der Waals surface area contributed by atoms with Crippen molar-refractivity contribution in [3.8, 4) is 0 Å². The highest BCUT2D eigenvalue weighted by Crippen LogP contribution is 2.46. The lowest BCUT2D eigenvalue weighted by molar-refractivity contribution is 0.0976. The molecule has 0 radical (unpaired) electrons. The van der Waals surface area contributed by atoms with Crippen LogP contribution in [-0.4, -0.2) is 11.6 Å². The van der Waals surface area contributed by atoms with Crippen molar-refractivity contribution in [3.05, 3.63) is 167 Å². The average molecular weight is 719 g/mol. The first-order valence-electron chi connectivity index (χ1n) is 17.5. The van der Waals surface area contributed by atoms with E-state index in [1.807, 2.05) is 109 Å². The second kappa shape index (κ2) is 14.2. The van der Waals surface area contributed by atoms with Crippen LogP contribution in [0.2, 0.25) is 0 Å². The summed E-state index contributed by atoms with van der Waals surface area (Å²) in [5, 5.41) is 7.04. The molecule has 0 fully saturated rings. The third-order valence-electron chi connectivity index (χ3n) is 9.24. The molecule has 1 aliphatic rings. The van der Waals surface area contributed by atoms with Gasteiger partial charge in [0.15, 0.2) is 11.6 Å². The molecule has 0 amide bonds. The predicted molar refractivity (Wildman–Crippen MR) is 218 cm³/mol. The Kier molecular flexibility index (Phi) is 9.64. The van der Waals surface area contributed by atoms with Crippen LogP contribution in [-0.2, 0) is 10.8 Å². The lowest BCUT2D eigenvalue weighted by atomic mass is 9.82. The highest BCUT2D eigenvalue weighted by Gasteiger charge is 2.38. The minimum absolute atomic E-state index is 0.00445. The fourth-order valence-corrected chi connectivity index (χ4v) is 8.33. The second-order valence-corrected chi connectivity index (χ2v) is 17.3. The first-order chi connectivity index (χ1) is 24.9. The summed E-state index contributed by atoms with van der Waals surface area (Å²) in [6.45, 7) is 13.1. The zero-order chi connectivity index (χ0) is 36.6. The van der Waals surface area contributed by atoms with Gasteiger partial charge in [0.05, 0.1) is 22.5 Å². The highest BCUT2D eigenvalue weighted by molar-refractivity contribution is 8.00. The fraction of sp³-hybridized carbons (Fsp3) is 0.174. The molecule has 260 valence electrons. The van der Waals surface area contributed by atoms with E-state index in [4.69, 9.17) is 0 Å². The van der Waals surface area contributed by atoms with Gasteiger partial charge in [0.2, 0.25) is 0 Å². The van der Waals surface area contributed by atoms with Gasteiger partial charge >= 0.3 is 0 Å². The van der Waals surface area contributed by atoms with Gasteiger partial charge in [-0.3, -0.25) is 9.59 Å². The van der Waals surface area contributed by atoms with E-state index in [1.165, 1.54) is 34.7 Å². The molecule has 0 saturated heterocycles. The number of benzene rings is 6. The topological polar surface area (TPSA) is 58.2 Å². The Hall–Kier alpha value is -5.04. The van der Waals surface area contributed by atoms with Crippen LogP contribution in [0, 0.1) is 0 Å². The predicted octanol–water partition coefficient (Wildman–Crippen LogP) is 12.8. The molecule has 6 heteroatoms. The standard InChI is InChI=1S/C46H42N2O2S2/c1-45(2,3)29-17-21-31(22-18-29)47-35-25-26-36(48-32-23-19-30(20-24-32)46(4,5)6)40-39(35)43(49)41-37(51-33-13-9-7-10-14-33)27-28-38(42(41)44(40)50)52-34-15-11-8-12-16-34/h7-28,47-48H,1-6H3. The molecule has 4 nitrogen and oxygen atoms in total. The molecule has 0 bridgehead atoms. The molecule has 7 rings (SSSR count). The SMILES string of the molecule is CC(C)(C)c1ccc(Nc2ccc(Nc3ccc(C(C)(C)C)cc3)c3c2C(=O)c2c(Sc4ccccc4)ccc(Sc4ccccc4)c2C3=O)cc1. The van der Waals surface area contributed by atoms with Crippen molar-refractivity contribution < 1.29 is 9.59 Å². The summed E-state index contributed by atoms with van der Waals surface area (Å²) in [5.41, 5.74) is 6.90. The Morgan fingerprint density at radius 2 is 0.750 bits per heavy atom. The first-order valence-corrected chi connectivity index (χ1v) is 19.1. The number of nitrogens with one attached hydrogen (secondary N) is 2. The van der Waals surface area contributed by atoms with Crippen LogP contribution in [0.25, 0.3) is 0 Å². The van der Waals surface area contributed by atoms with Crippen LogP contribution in [0.3, 0.4) is 0 Å². The van der Waals surface area contributed by atoms with E-state index in [0.29, 0.717) is 33.6 Å². The summed E-state index contributed by atoms with van der Waals surface area (Å²) < 4.78 is 0. The Bertz CT molecular complexity index is 2110. The van der Waals surface area contributed by atoms with Gasteiger partial charge in [0, 0.05) is 42.1 Å². The summed E-state index contributed by atoms with van der Waals surface area (Å²) in [6, 6.07) is 44.3. The molecule has 52 heavy (non-hydrogen) atoms. The zero-order valence-electron chi connectivity index (χ0n) is 30.3. The fourth-order valence-electron chi connectivity index (χ4n) is 6.37. The van der Waals surface area contributed by atoms with Crippen molar-refractivity contribution in [3.63, 3.8) is 0 Å². The van der Waals surface area contributed by atoms with Crippen LogP contribution < -0.4 is 10.6 Å². The molecule has 6 aromatic carbocycles. The van der Waals surface area contributed by atoms with E-state index < -0.39 is 0 Å². The number of carbonyl (C=O) groups is 2. The first kappa shape index (κ1) is 35.4. The lowest BCUT2D eigenvalue weighted by Gasteiger charge is -2.27. The Labute approximate surface area is 315 Å². The minimum atomic E-state index is -0.181. The number of anilines is 4. The third kappa shape index (κ3) is 7.32. The molecule has 1 aliphatic carbocycles. The summed E-state index contributed by atoms with van der Waals surface area (Å²) in [5.74, 6) is -0.363. The van der Waals surface area contributed by atoms with Gasteiger partial charge in [-0.15, -0.1) is 0 Å². The number of carbonyl (C=O) groups excluding carboxylic acids is 2. The van der Waals surface area contributed by atoms with Gasteiger partial charge in [-0.25, -0.2) is 0 Å². The number of fused-ring (bicyclic) bond motifs is 2. The van der Waals surface area contributed by atoms with Crippen LogP contribution in [0.4, 0.5) is 22.7 Å². The largest absolute Gasteiger partial charge is 0.355 e. The number of rotatable bonds is 8. The molecular weight excluding hydrogens is 677 g/mol. The summed E-state index contributed by atoms with van der Waals surface area (Å²) in [6.07, 6.45) is 0. The molecule has 2 N–H and O–H groups in total. The Morgan fingerprint density at radius 3 is 1.08 bits per heavy atom. The molecule has 0 atom stereocenters. The summed E-state index contributed by atoms with van der Waals surface area (Å²) in [4.78, 5) is 33.8. The van der Waals surface area contributed by atoms with Crippen LogP contribution in [0.1, 0.15) is 84.5 Å². The highest BCUT2D eigenvalue weighted by atomic mass is 32.2. The molecule has 0 saturated carbocycles. The average Bonchev–Trinajstić information content (AvgIpc) is 3.12. The lowest BCUT2D eigenvalue weighted by Crippen LogP contribution is -2.25. The van der Waals surface area contributed by atoms with Crippen molar-refractivity contribution >= 4 is 57.8 Å². The molecule has 0 aliphatic heterocycles. The number of hydrogen-bond acceptors (Lipinski definition) is 6. The van der Waals surface area contributed by atoms with Crippen molar-refractivity contribution in [2.75, 3.05) is 10.6 Å². The van der Waals surface area contributed by atoms with E-state index in [-0.39, 0.29) is 22.4 Å². The normalized spacial score (nSPS) is 12.7. The third-order valence-corrected chi connectivity index (χ3v) is 11.4. The van der Waals surface area contributed by atoms with Crippen molar-refractivity contribution in [2.45, 2.75) is 72.0 Å². The molecule has 0 heterocycles. The van der Waals surface area contributed by atoms with E-state index in [1.54, 1.807) is 0 Å². The number of ketones is 2. The van der Waals surface area contributed by atoms with Gasteiger partial charge in [-0.1, -0.05) is 126 Å². The Balaban J connectivity index is 1.39. The quantitative estimate of drug-likeness (QED) is 0.163. The molecular formula is C46H42N2O2S2. The van der Waals surface area contributed by atoms with Crippen LogP contribution >= 0.6 is 23.5 Å². The monoisotopic (exact) mass is 718 g/mol. The summed E-state index contributed by atoms with van der Waals surface area (Å²) >= 11 is 3.01. The van der Waals surface area contributed by atoms with Crippen molar-refractivity contribution in [1.29, 1.82) is 0 Å². The van der Waals surface area contributed by atoms with Gasteiger partial charge in [-0.2, -0.15) is 0 Å². The molecule has 6 aromatic rings. The smallest absolute Gasteiger partial charge is 0.197 e. The van der Waals surface area contributed by atoms with Gasteiger partial charge in [0.25, 0.3) is 0 Å². The second-order valence-electron chi connectivity index (χ2n) is 15.1. The maximum Gasteiger partial charge on any atom is 0.197 e. The molecule has 0 unspecified atom stereocenters. The van der Waals surface area contributed by atoms with E-state index in [0.717, 1.165) is 31.0 Å². The van der Waals surface area contributed by atoms with Crippen molar-refractivity contribution in [1.82, 2.24) is 0 Å². The maximum absolute atomic E-state index is 15.2. The Morgan fingerprint density at radius 1 is 0.404 bits per heavy atom. The summed E-state index contributed by atoms with van der Waals surface area (Å²) in [7, 11) is 0. The maximum atomic E-state index is 15.2. The van der Waals surface area contributed by atoms with Crippen LogP contribution in [0.15, 0.2) is 153 Å². The zero-order valence-corrected chi connectivity index (χ0v) is 32.0. The van der Waals surface area contributed by atoms with E-state index in [2.05, 4.69) is 76.4 Å². The van der Waals surface area contributed by atoms with Gasteiger partial charge in [0.1, 0.15) is 0 Å². The van der Waals surface area contributed by atoms with Gasteiger partial charge in [-0.05, 0) is 94.8 Å². The van der Waals surface area contributed by atoms with Crippen molar-refractivity contribution in [2.24, 2.45) is 0 Å². The number of hydrogen-bond donors (Lipinski definition) is 2. The minimum Gasteiger partial charge on any atom is -0.355 e. The van der Waals surface area contributed by atoms with E-state index in [9.17, 15) is 0 Å². The molecule has 0 spiro atoms. The van der Waals surface area contributed by atoms with Crippen LogP contribution in [0.5, 0.6) is 0 Å².